The number of carbonyl (C=O) groups excluding carboxylic acids is 2. The maximum Gasteiger partial charge on any atom is 0.407 e. The Morgan fingerprint density at radius 3 is 3.00 bits per heavy atom. The summed E-state index contributed by atoms with van der Waals surface area (Å²) < 4.78 is 4.57. The summed E-state index contributed by atoms with van der Waals surface area (Å²) in [4.78, 5) is 28.8. The lowest BCUT2D eigenvalue weighted by Crippen LogP contribution is -2.37. The molecule has 102 valence electrons. The van der Waals surface area contributed by atoms with Crippen LogP contribution in [0.4, 0.5) is 10.6 Å². The zero-order valence-electron chi connectivity index (χ0n) is 11.0. The number of hydrogen-bond donors (Lipinski definition) is 1. The van der Waals surface area contributed by atoms with E-state index in [-0.39, 0.29) is 11.8 Å². The van der Waals surface area contributed by atoms with Crippen LogP contribution in [0.2, 0.25) is 0 Å². The van der Waals surface area contributed by atoms with Crippen molar-refractivity contribution >= 4 is 17.7 Å². The summed E-state index contributed by atoms with van der Waals surface area (Å²) in [5.74, 6) is 0.786. The minimum atomic E-state index is -0.419. The van der Waals surface area contributed by atoms with E-state index in [1.54, 1.807) is 18.3 Å². The third-order valence-electron chi connectivity index (χ3n) is 3.17. The molecule has 2 heterocycles. The molecule has 1 saturated heterocycles. The normalized spacial score (nSPS) is 18.2. The highest BCUT2D eigenvalue weighted by Crippen LogP contribution is 2.19. The van der Waals surface area contributed by atoms with Gasteiger partial charge in [-0.15, -0.1) is 0 Å². The summed E-state index contributed by atoms with van der Waals surface area (Å²) in [6.07, 6.45) is 2.05. The van der Waals surface area contributed by atoms with E-state index in [2.05, 4.69) is 15.0 Å². The van der Waals surface area contributed by atoms with E-state index >= 15 is 0 Å². The summed E-state index contributed by atoms with van der Waals surface area (Å²) in [7, 11) is 1.35. The number of rotatable bonds is 3. The highest BCUT2D eigenvalue weighted by Gasteiger charge is 2.25. The molecule has 1 fully saturated rings. The molecule has 1 N–H and O–H groups in total. The SMILES string of the molecule is COC(=O)NC1CCN(c2cc(C(C)=O)ccn2)C1. The third-order valence-corrected chi connectivity index (χ3v) is 3.17. The summed E-state index contributed by atoms with van der Waals surface area (Å²) >= 11 is 0. The zero-order valence-corrected chi connectivity index (χ0v) is 11.0. The maximum atomic E-state index is 11.3. The number of nitrogens with zero attached hydrogens (tertiary/aromatic N) is 2. The highest BCUT2D eigenvalue weighted by atomic mass is 16.5. The number of ketones is 1. The molecule has 1 unspecified atom stereocenters. The van der Waals surface area contributed by atoms with Crippen LogP contribution in [-0.2, 0) is 4.74 Å². The molecule has 0 saturated carbocycles. The van der Waals surface area contributed by atoms with Gasteiger partial charge in [0.2, 0.25) is 0 Å². The molecule has 1 amide bonds. The van der Waals surface area contributed by atoms with Gasteiger partial charge in [0.25, 0.3) is 0 Å². The number of hydrogen-bond acceptors (Lipinski definition) is 5. The molecule has 19 heavy (non-hydrogen) atoms. The van der Waals surface area contributed by atoms with E-state index in [0.29, 0.717) is 12.1 Å². The van der Waals surface area contributed by atoms with Crippen LogP contribution in [0.3, 0.4) is 0 Å². The molecular formula is C13H17N3O3. The lowest BCUT2D eigenvalue weighted by Gasteiger charge is -2.18. The number of nitrogens with one attached hydrogen (secondary N) is 1. The van der Waals surface area contributed by atoms with Gasteiger partial charge in [0, 0.05) is 24.8 Å². The van der Waals surface area contributed by atoms with Crippen LogP contribution < -0.4 is 10.2 Å². The number of anilines is 1. The molecule has 0 spiro atoms. The van der Waals surface area contributed by atoms with Gasteiger partial charge in [-0.05, 0) is 25.5 Å². The van der Waals surface area contributed by atoms with Crippen molar-refractivity contribution in [3.05, 3.63) is 23.9 Å². The summed E-state index contributed by atoms with van der Waals surface area (Å²) in [5.41, 5.74) is 0.648. The lowest BCUT2D eigenvalue weighted by atomic mass is 10.2. The van der Waals surface area contributed by atoms with E-state index in [1.807, 2.05) is 4.90 Å². The van der Waals surface area contributed by atoms with Crippen molar-refractivity contribution in [1.82, 2.24) is 10.3 Å². The number of amides is 1. The molecule has 1 aliphatic heterocycles. The van der Waals surface area contributed by atoms with Crippen molar-refractivity contribution < 1.29 is 14.3 Å². The fraction of sp³-hybridized carbons (Fsp3) is 0.462. The number of methoxy groups -OCH3 is 1. The van der Waals surface area contributed by atoms with E-state index in [4.69, 9.17) is 0 Å². The molecule has 1 atom stereocenters. The second kappa shape index (κ2) is 5.69. The predicted octanol–water partition coefficient (Wildman–Crippen LogP) is 1.22. The van der Waals surface area contributed by atoms with Crippen LogP contribution in [0.1, 0.15) is 23.7 Å². The maximum absolute atomic E-state index is 11.3. The topological polar surface area (TPSA) is 71.5 Å². The van der Waals surface area contributed by atoms with Crippen molar-refractivity contribution in [2.75, 3.05) is 25.1 Å². The molecule has 1 aromatic heterocycles. The van der Waals surface area contributed by atoms with E-state index in [1.165, 1.54) is 14.0 Å². The van der Waals surface area contributed by atoms with E-state index in [9.17, 15) is 9.59 Å². The second-order valence-electron chi connectivity index (χ2n) is 4.53. The first-order valence-corrected chi connectivity index (χ1v) is 6.16. The van der Waals surface area contributed by atoms with Crippen LogP contribution in [0.15, 0.2) is 18.3 Å². The third kappa shape index (κ3) is 3.21. The first-order valence-electron chi connectivity index (χ1n) is 6.16. The first-order chi connectivity index (χ1) is 9.10. The standard InChI is InChI=1S/C13H17N3O3/c1-9(17)10-3-5-14-12(7-10)16-6-4-11(8-16)15-13(18)19-2/h3,5,7,11H,4,6,8H2,1-2H3,(H,15,18). The summed E-state index contributed by atoms with van der Waals surface area (Å²) in [6.45, 7) is 3.00. The van der Waals surface area contributed by atoms with Gasteiger partial charge >= 0.3 is 6.09 Å². The summed E-state index contributed by atoms with van der Waals surface area (Å²) in [5, 5.41) is 2.77. The minimum absolute atomic E-state index is 0.0204. The lowest BCUT2D eigenvalue weighted by molar-refractivity contribution is 0.101. The Morgan fingerprint density at radius 1 is 1.53 bits per heavy atom. The van der Waals surface area contributed by atoms with Crippen LogP contribution in [0.5, 0.6) is 0 Å². The van der Waals surface area contributed by atoms with Crippen molar-refractivity contribution in [1.29, 1.82) is 0 Å². The Kier molecular flexibility index (Phi) is 3.99. The van der Waals surface area contributed by atoms with Crippen LogP contribution in [0, 0.1) is 0 Å². The minimum Gasteiger partial charge on any atom is -0.453 e. The molecule has 0 aliphatic carbocycles. The fourth-order valence-electron chi connectivity index (χ4n) is 2.12. The Balaban J connectivity index is 2.02. The Hall–Kier alpha value is -2.11. The van der Waals surface area contributed by atoms with Gasteiger partial charge in [-0.2, -0.15) is 0 Å². The van der Waals surface area contributed by atoms with Crippen molar-refractivity contribution in [2.45, 2.75) is 19.4 Å². The summed E-state index contributed by atoms with van der Waals surface area (Å²) in [6, 6.07) is 3.53. The van der Waals surface area contributed by atoms with Gasteiger partial charge in [0.15, 0.2) is 5.78 Å². The number of aromatic nitrogens is 1. The number of pyridine rings is 1. The van der Waals surface area contributed by atoms with Gasteiger partial charge in [-0.1, -0.05) is 0 Å². The van der Waals surface area contributed by atoms with Gasteiger partial charge in [0.1, 0.15) is 5.82 Å². The number of Topliss-reactive ketones (excluding diaryl/α,β-unsaturated/α-hetero) is 1. The van der Waals surface area contributed by atoms with Crippen molar-refractivity contribution in [3.63, 3.8) is 0 Å². The molecular weight excluding hydrogens is 246 g/mol. The van der Waals surface area contributed by atoms with Crippen LogP contribution >= 0.6 is 0 Å². The molecule has 0 radical (unpaired) electrons. The van der Waals surface area contributed by atoms with E-state index in [0.717, 1.165) is 18.8 Å². The average molecular weight is 263 g/mol. The molecule has 6 nitrogen and oxygen atoms in total. The smallest absolute Gasteiger partial charge is 0.407 e. The van der Waals surface area contributed by atoms with Crippen molar-refractivity contribution in [3.8, 4) is 0 Å². The molecule has 1 aromatic rings. The van der Waals surface area contributed by atoms with Gasteiger partial charge in [0.05, 0.1) is 13.2 Å². The molecule has 2 rings (SSSR count). The van der Waals surface area contributed by atoms with Gasteiger partial charge in [-0.25, -0.2) is 9.78 Å². The monoisotopic (exact) mass is 263 g/mol. The average Bonchev–Trinajstić information content (AvgIpc) is 2.87. The zero-order chi connectivity index (χ0) is 13.8. The fourth-order valence-corrected chi connectivity index (χ4v) is 2.12. The van der Waals surface area contributed by atoms with Crippen molar-refractivity contribution in [2.24, 2.45) is 0 Å². The Bertz CT molecular complexity index is 490. The Morgan fingerprint density at radius 2 is 2.32 bits per heavy atom. The number of alkyl carbamates (subject to hydrolysis) is 1. The molecule has 0 bridgehead atoms. The van der Waals surface area contributed by atoms with Crippen LogP contribution in [-0.4, -0.2) is 43.1 Å². The highest BCUT2D eigenvalue weighted by molar-refractivity contribution is 5.94. The number of ether oxygens (including phenoxy) is 1. The molecule has 6 heteroatoms. The van der Waals surface area contributed by atoms with Gasteiger partial charge in [-0.3, -0.25) is 4.79 Å². The number of carbonyl (C=O) groups is 2. The Labute approximate surface area is 111 Å². The first kappa shape index (κ1) is 13.3. The quantitative estimate of drug-likeness (QED) is 0.830. The van der Waals surface area contributed by atoms with E-state index < -0.39 is 6.09 Å². The van der Waals surface area contributed by atoms with Crippen LogP contribution in [0.25, 0.3) is 0 Å². The second-order valence-corrected chi connectivity index (χ2v) is 4.53. The van der Waals surface area contributed by atoms with Gasteiger partial charge < -0.3 is 15.0 Å². The largest absolute Gasteiger partial charge is 0.453 e. The predicted molar refractivity (Wildman–Crippen MR) is 70.4 cm³/mol. The molecule has 0 aromatic carbocycles. The molecule has 1 aliphatic rings.